The van der Waals surface area contributed by atoms with Crippen molar-refractivity contribution in [3.05, 3.63) is 107 Å². The van der Waals surface area contributed by atoms with Gasteiger partial charge in [0.1, 0.15) is 0 Å². The van der Waals surface area contributed by atoms with Gasteiger partial charge in [0.15, 0.2) is 0 Å². The third-order valence-electron chi connectivity index (χ3n) is 6.95. The van der Waals surface area contributed by atoms with E-state index in [-0.39, 0.29) is 12.0 Å². The molecule has 3 saturated heterocycles. The predicted molar refractivity (Wildman–Crippen MR) is 123 cm³/mol. The lowest BCUT2D eigenvalue weighted by Gasteiger charge is -2.53. The van der Waals surface area contributed by atoms with E-state index in [4.69, 9.17) is 4.74 Å². The molecule has 3 fully saturated rings. The van der Waals surface area contributed by atoms with Gasteiger partial charge >= 0.3 is 0 Å². The van der Waals surface area contributed by atoms with Crippen molar-refractivity contribution in [2.24, 2.45) is 5.92 Å². The molecule has 3 heteroatoms. The van der Waals surface area contributed by atoms with Crippen LogP contribution in [0.5, 0.6) is 0 Å². The molecule has 156 valence electrons. The Morgan fingerprint density at radius 3 is 2.13 bits per heavy atom. The van der Waals surface area contributed by atoms with Gasteiger partial charge in [-0.3, -0.25) is 4.90 Å². The topological polar surface area (TPSA) is 36.3 Å². The van der Waals surface area contributed by atoms with Crippen LogP contribution >= 0.6 is 0 Å². The number of benzene rings is 3. The standard InChI is InChI=1S/C28H28N2O/c29-19-21-8-7-9-22(18-21)20-31-28-25-14-16-30(17-15-25)27(28)26(23-10-3-1-4-11-23)24-12-5-2-6-13-24/h1-13,18,25-28H,14-17,20H2/t27-,28-/m1/s1. The minimum Gasteiger partial charge on any atom is -0.372 e. The van der Waals surface area contributed by atoms with Gasteiger partial charge in [-0.2, -0.15) is 5.26 Å². The highest BCUT2D eigenvalue weighted by atomic mass is 16.5. The van der Waals surface area contributed by atoms with Gasteiger partial charge in [0.2, 0.25) is 0 Å². The van der Waals surface area contributed by atoms with Crippen LogP contribution in [-0.4, -0.2) is 30.1 Å². The molecule has 0 spiro atoms. The number of hydrogen-bond donors (Lipinski definition) is 0. The monoisotopic (exact) mass is 408 g/mol. The van der Waals surface area contributed by atoms with Crippen LogP contribution in [0.15, 0.2) is 84.9 Å². The molecule has 31 heavy (non-hydrogen) atoms. The maximum absolute atomic E-state index is 9.23. The van der Waals surface area contributed by atoms with E-state index in [1.807, 2.05) is 18.2 Å². The molecule has 6 rings (SSSR count). The normalized spacial score (nSPS) is 24.8. The number of hydrogen-bond acceptors (Lipinski definition) is 3. The Balaban J connectivity index is 1.48. The van der Waals surface area contributed by atoms with Crippen molar-refractivity contribution in [2.75, 3.05) is 13.1 Å². The molecular weight excluding hydrogens is 380 g/mol. The van der Waals surface area contributed by atoms with E-state index >= 15 is 0 Å². The van der Waals surface area contributed by atoms with Crippen molar-refractivity contribution in [1.82, 2.24) is 4.90 Å². The van der Waals surface area contributed by atoms with E-state index in [1.165, 1.54) is 24.0 Å². The Kier molecular flexibility index (Phi) is 5.84. The molecule has 0 radical (unpaired) electrons. The fourth-order valence-electron chi connectivity index (χ4n) is 5.50. The van der Waals surface area contributed by atoms with Gasteiger partial charge in [-0.25, -0.2) is 0 Å². The summed E-state index contributed by atoms with van der Waals surface area (Å²) in [7, 11) is 0. The van der Waals surface area contributed by atoms with E-state index < -0.39 is 0 Å². The molecule has 0 unspecified atom stereocenters. The van der Waals surface area contributed by atoms with Gasteiger partial charge in [0.25, 0.3) is 0 Å². The SMILES string of the molecule is N#Cc1cccc(CO[C@@H]2C3CCN(CC3)[C@@H]2C(c2ccccc2)c2ccccc2)c1. The summed E-state index contributed by atoms with van der Waals surface area (Å²) in [6.07, 6.45) is 2.59. The molecule has 0 N–H and O–H groups in total. The molecule has 3 heterocycles. The zero-order valence-electron chi connectivity index (χ0n) is 17.7. The van der Waals surface area contributed by atoms with Crippen molar-refractivity contribution in [1.29, 1.82) is 5.26 Å². The van der Waals surface area contributed by atoms with Crippen molar-refractivity contribution >= 4 is 0 Å². The molecule has 3 aliphatic rings. The van der Waals surface area contributed by atoms with Crippen LogP contribution < -0.4 is 0 Å². The molecule has 0 saturated carbocycles. The van der Waals surface area contributed by atoms with Crippen LogP contribution in [0.3, 0.4) is 0 Å². The number of nitriles is 1. The van der Waals surface area contributed by atoms with E-state index in [0.29, 0.717) is 24.1 Å². The van der Waals surface area contributed by atoms with Gasteiger partial charge < -0.3 is 4.74 Å². The second-order valence-electron chi connectivity index (χ2n) is 8.75. The Hall–Kier alpha value is -2.93. The summed E-state index contributed by atoms with van der Waals surface area (Å²) in [5.74, 6) is 0.866. The number of fused-ring (bicyclic) bond motifs is 3. The lowest BCUT2D eigenvalue weighted by molar-refractivity contribution is -0.120. The predicted octanol–water partition coefficient (Wildman–Crippen LogP) is 5.37. The second kappa shape index (κ2) is 9.06. The van der Waals surface area contributed by atoms with Crippen molar-refractivity contribution in [2.45, 2.75) is 37.5 Å². The number of nitrogens with zero attached hydrogens (tertiary/aromatic N) is 2. The van der Waals surface area contributed by atoms with Gasteiger partial charge in [-0.1, -0.05) is 72.8 Å². The highest BCUT2D eigenvalue weighted by Crippen LogP contribution is 2.43. The van der Waals surface area contributed by atoms with Crippen LogP contribution in [0.2, 0.25) is 0 Å². The summed E-state index contributed by atoms with van der Waals surface area (Å²) >= 11 is 0. The van der Waals surface area contributed by atoms with Gasteiger partial charge in [-0.05, 0) is 60.7 Å². The van der Waals surface area contributed by atoms with Gasteiger partial charge in [-0.15, -0.1) is 0 Å². The summed E-state index contributed by atoms with van der Waals surface area (Å²) in [6.45, 7) is 2.85. The maximum atomic E-state index is 9.23. The molecule has 0 amide bonds. The largest absolute Gasteiger partial charge is 0.372 e. The highest BCUT2D eigenvalue weighted by Gasteiger charge is 2.47. The Morgan fingerprint density at radius 1 is 0.871 bits per heavy atom. The first-order valence-electron chi connectivity index (χ1n) is 11.3. The fraction of sp³-hybridized carbons (Fsp3) is 0.321. The molecule has 2 atom stereocenters. The first kappa shape index (κ1) is 20.0. The first-order valence-corrected chi connectivity index (χ1v) is 11.3. The minimum absolute atomic E-state index is 0.179. The van der Waals surface area contributed by atoms with Crippen LogP contribution in [-0.2, 0) is 11.3 Å². The lowest BCUT2D eigenvalue weighted by Crippen LogP contribution is -2.60. The number of rotatable bonds is 6. The van der Waals surface area contributed by atoms with E-state index in [0.717, 1.165) is 18.7 Å². The van der Waals surface area contributed by atoms with Crippen molar-refractivity contribution in [3.8, 4) is 6.07 Å². The molecule has 0 aliphatic carbocycles. The van der Waals surface area contributed by atoms with Crippen LogP contribution in [0.4, 0.5) is 0 Å². The average Bonchev–Trinajstić information content (AvgIpc) is 2.85. The summed E-state index contributed by atoms with van der Waals surface area (Å²) in [4.78, 5) is 2.65. The maximum Gasteiger partial charge on any atom is 0.0991 e. The molecular formula is C28H28N2O. The average molecular weight is 409 g/mol. The quantitative estimate of drug-likeness (QED) is 0.550. The van der Waals surface area contributed by atoms with E-state index in [9.17, 15) is 5.26 Å². The third-order valence-corrected chi connectivity index (χ3v) is 6.95. The zero-order valence-corrected chi connectivity index (χ0v) is 17.7. The molecule has 3 aromatic rings. The smallest absolute Gasteiger partial charge is 0.0991 e. The Morgan fingerprint density at radius 2 is 1.52 bits per heavy atom. The van der Waals surface area contributed by atoms with Crippen molar-refractivity contribution < 1.29 is 4.74 Å². The minimum atomic E-state index is 0.179. The molecule has 3 aromatic carbocycles. The van der Waals surface area contributed by atoms with Gasteiger partial charge in [0, 0.05) is 12.0 Å². The molecule has 0 aromatic heterocycles. The molecule has 2 bridgehead atoms. The van der Waals surface area contributed by atoms with Crippen LogP contribution in [0.25, 0.3) is 0 Å². The first-order chi connectivity index (χ1) is 15.3. The van der Waals surface area contributed by atoms with Crippen molar-refractivity contribution in [3.63, 3.8) is 0 Å². The summed E-state index contributed by atoms with van der Waals surface area (Å²) in [6, 6.07) is 32.1. The fourth-order valence-corrected chi connectivity index (χ4v) is 5.50. The summed E-state index contributed by atoms with van der Waals surface area (Å²) < 4.78 is 6.69. The lowest BCUT2D eigenvalue weighted by atomic mass is 9.72. The van der Waals surface area contributed by atoms with Crippen LogP contribution in [0.1, 0.15) is 41.0 Å². The molecule has 3 nitrogen and oxygen atoms in total. The number of ether oxygens (including phenoxy) is 1. The highest BCUT2D eigenvalue weighted by molar-refractivity contribution is 5.36. The molecule has 3 aliphatic heterocycles. The Bertz CT molecular complexity index is 996. The summed E-state index contributed by atoms with van der Waals surface area (Å²) in [5.41, 5.74) is 4.47. The van der Waals surface area contributed by atoms with E-state index in [1.54, 1.807) is 0 Å². The number of piperidine rings is 3. The summed E-state index contributed by atoms with van der Waals surface area (Å²) in [5, 5.41) is 9.23. The Labute approximate surface area is 184 Å². The van der Waals surface area contributed by atoms with E-state index in [2.05, 4.69) is 77.7 Å². The third kappa shape index (κ3) is 4.14. The second-order valence-corrected chi connectivity index (χ2v) is 8.75. The zero-order chi connectivity index (χ0) is 21.0. The van der Waals surface area contributed by atoms with Gasteiger partial charge in [0.05, 0.1) is 24.3 Å². The van der Waals surface area contributed by atoms with Crippen LogP contribution in [0, 0.1) is 17.2 Å².